The largest absolute Gasteiger partial charge is 0.328 e. The van der Waals surface area contributed by atoms with Crippen LogP contribution in [0.15, 0.2) is 0 Å². The molecule has 0 spiro atoms. The van der Waals surface area contributed by atoms with Crippen LogP contribution in [0.2, 0.25) is 0 Å². The van der Waals surface area contributed by atoms with Crippen molar-refractivity contribution in [2.75, 3.05) is 0 Å². The van der Waals surface area contributed by atoms with Gasteiger partial charge in [-0.1, -0.05) is 0 Å². The zero-order valence-electron chi connectivity index (χ0n) is 6.09. The normalized spacial score (nSPS) is 45.5. The summed E-state index contributed by atoms with van der Waals surface area (Å²) in [5, 5.41) is 0. The molecular formula is C7H12ClF2N. The maximum atomic E-state index is 12.6. The Bertz CT molecular complexity index is 163. The standard InChI is InChI=1S/C7H11F2N.ClH/c8-7(9)3-4-1-5(10)2-6(4)7;/h4-6H,1-3,10H2;1H. The first-order valence-electron chi connectivity index (χ1n) is 3.73. The second-order valence-corrected chi connectivity index (χ2v) is 3.56. The van der Waals surface area contributed by atoms with Gasteiger partial charge in [0, 0.05) is 18.4 Å². The molecular weight excluding hydrogens is 172 g/mol. The number of fused-ring (bicyclic) bond motifs is 1. The second kappa shape index (κ2) is 2.56. The highest BCUT2D eigenvalue weighted by Gasteiger charge is 2.59. The Morgan fingerprint density at radius 3 is 2.27 bits per heavy atom. The Kier molecular flexibility index (Phi) is 2.14. The van der Waals surface area contributed by atoms with Crippen molar-refractivity contribution in [3.63, 3.8) is 0 Å². The highest BCUT2D eigenvalue weighted by molar-refractivity contribution is 5.85. The molecule has 11 heavy (non-hydrogen) atoms. The van der Waals surface area contributed by atoms with E-state index in [0.29, 0.717) is 6.42 Å². The monoisotopic (exact) mass is 183 g/mol. The highest BCUT2D eigenvalue weighted by Crippen LogP contribution is 2.56. The van der Waals surface area contributed by atoms with Gasteiger partial charge in [-0.15, -0.1) is 12.4 Å². The van der Waals surface area contributed by atoms with Crippen LogP contribution in [0, 0.1) is 11.8 Å². The van der Waals surface area contributed by atoms with Crippen molar-refractivity contribution < 1.29 is 8.78 Å². The SMILES string of the molecule is Cl.NC1CC2CC(F)(F)C2C1. The van der Waals surface area contributed by atoms with Gasteiger partial charge in [-0.3, -0.25) is 0 Å². The summed E-state index contributed by atoms with van der Waals surface area (Å²) in [6.45, 7) is 0. The third kappa shape index (κ3) is 1.25. The summed E-state index contributed by atoms with van der Waals surface area (Å²) in [5.41, 5.74) is 5.54. The molecule has 0 heterocycles. The number of nitrogens with two attached hydrogens (primary N) is 1. The van der Waals surface area contributed by atoms with Gasteiger partial charge in [0.1, 0.15) is 0 Å². The van der Waals surface area contributed by atoms with Gasteiger partial charge in [0.05, 0.1) is 0 Å². The van der Waals surface area contributed by atoms with Crippen molar-refractivity contribution in [2.45, 2.75) is 31.2 Å². The molecule has 1 nitrogen and oxygen atoms in total. The van der Waals surface area contributed by atoms with Crippen molar-refractivity contribution in [3.8, 4) is 0 Å². The van der Waals surface area contributed by atoms with Crippen LogP contribution in [0.5, 0.6) is 0 Å². The third-order valence-electron chi connectivity index (χ3n) is 2.81. The first kappa shape index (κ1) is 9.20. The quantitative estimate of drug-likeness (QED) is 0.609. The molecule has 2 aliphatic rings. The predicted octanol–water partition coefficient (Wildman–Crippen LogP) is 1.80. The van der Waals surface area contributed by atoms with Gasteiger partial charge in [0.25, 0.3) is 5.92 Å². The van der Waals surface area contributed by atoms with E-state index in [1.165, 1.54) is 0 Å². The van der Waals surface area contributed by atoms with Crippen LogP contribution < -0.4 is 5.73 Å². The molecule has 0 aromatic rings. The van der Waals surface area contributed by atoms with E-state index in [4.69, 9.17) is 5.73 Å². The fraction of sp³-hybridized carbons (Fsp3) is 1.00. The van der Waals surface area contributed by atoms with Crippen LogP contribution in [0.3, 0.4) is 0 Å². The molecule has 2 rings (SSSR count). The number of halogens is 3. The minimum atomic E-state index is -2.38. The van der Waals surface area contributed by atoms with Crippen molar-refractivity contribution in [3.05, 3.63) is 0 Å². The lowest BCUT2D eigenvalue weighted by Gasteiger charge is -2.39. The molecule has 2 N–H and O–H groups in total. The lowest BCUT2D eigenvalue weighted by Crippen LogP contribution is -2.44. The van der Waals surface area contributed by atoms with Crippen LogP contribution in [0.4, 0.5) is 8.78 Å². The van der Waals surface area contributed by atoms with Gasteiger partial charge in [-0.05, 0) is 18.8 Å². The summed E-state index contributed by atoms with van der Waals surface area (Å²) < 4.78 is 25.2. The number of rotatable bonds is 0. The second-order valence-electron chi connectivity index (χ2n) is 3.56. The molecule has 2 aliphatic carbocycles. The van der Waals surface area contributed by atoms with Gasteiger partial charge in [-0.25, -0.2) is 8.78 Å². The van der Waals surface area contributed by atoms with E-state index >= 15 is 0 Å². The number of hydrogen-bond donors (Lipinski definition) is 1. The molecule has 0 radical (unpaired) electrons. The average molecular weight is 184 g/mol. The molecule has 0 aromatic heterocycles. The minimum Gasteiger partial charge on any atom is -0.328 e. The zero-order chi connectivity index (χ0) is 7.35. The van der Waals surface area contributed by atoms with Gasteiger partial charge in [0.15, 0.2) is 0 Å². The maximum Gasteiger partial charge on any atom is 0.251 e. The molecule has 2 saturated carbocycles. The molecule has 3 unspecified atom stereocenters. The van der Waals surface area contributed by atoms with Crippen LogP contribution in [0.1, 0.15) is 19.3 Å². The molecule has 66 valence electrons. The number of hydrogen-bond acceptors (Lipinski definition) is 1. The first-order valence-corrected chi connectivity index (χ1v) is 3.73. The maximum absolute atomic E-state index is 12.6. The van der Waals surface area contributed by atoms with Crippen LogP contribution in [0.25, 0.3) is 0 Å². The molecule has 4 heteroatoms. The Balaban J connectivity index is 0.000000605. The Hall–Kier alpha value is 0.110. The van der Waals surface area contributed by atoms with E-state index in [9.17, 15) is 8.78 Å². The molecule has 0 amide bonds. The Morgan fingerprint density at radius 2 is 1.91 bits per heavy atom. The number of alkyl halides is 2. The molecule has 2 fully saturated rings. The van der Waals surface area contributed by atoms with E-state index in [1.54, 1.807) is 0 Å². The molecule has 0 aromatic carbocycles. The smallest absolute Gasteiger partial charge is 0.251 e. The third-order valence-corrected chi connectivity index (χ3v) is 2.81. The average Bonchev–Trinajstić information content (AvgIpc) is 2.08. The topological polar surface area (TPSA) is 26.0 Å². The van der Waals surface area contributed by atoms with Crippen LogP contribution >= 0.6 is 12.4 Å². The fourth-order valence-electron chi connectivity index (χ4n) is 2.25. The molecule has 3 atom stereocenters. The van der Waals surface area contributed by atoms with Gasteiger partial charge in [-0.2, -0.15) is 0 Å². The molecule has 0 bridgehead atoms. The van der Waals surface area contributed by atoms with E-state index in [2.05, 4.69) is 0 Å². The van der Waals surface area contributed by atoms with Crippen molar-refractivity contribution in [1.29, 1.82) is 0 Å². The highest BCUT2D eigenvalue weighted by atomic mass is 35.5. The van der Waals surface area contributed by atoms with E-state index in [0.717, 1.165) is 6.42 Å². The van der Waals surface area contributed by atoms with Crippen molar-refractivity contribution in [1.82, 2.24) is 0 Å². The summed E-state index contributed by atoms with van der Waals surface area (Å²) in [4.78, 5) is 0. The van der Waals surface area contributed by atoms with E-state index in [-0.39, 0.29) is 36.7 Å². The minimum absolute atomic E-state index is 0. The predicted molar refractivity (Wildman–Crippen MR) is 41.0 cm³/mol. The molecule has 0 saturated heterocycles. The lowest BCUT2D eigenvalue weighted by atomic mass is 9.72. The zero-order valence-corrected chi connectivity index (χ0v) is 6.91. The fourth-order valence-corrected chi connectivity index (χ4v) is 2.25. The first-order chi connectivity index (χ1) is 4.59. The summed E-state index contributed by atoms with van der Waals surface area (Å²) in [6, 6.07) is 0.0448. The van der Waals surface area contributed by atoms with Gasteiger partial charge >= 0.3 is 0 Å². The van der Waals surface area contributed by atoms with Crippen LogP contribution in [-0.4, -0.2) is 12.0 Å². The van der Waals surface area contributed by atoms with Crippen LogP contribution in [-0.2, 0) is 0 Å². The summed E-state index contributed by atoms with van der Waals surface area (Å²) in [6.07, 6.45) is 1.45. The van der Waals surface area contributed by atoms with Crippen molar-refractivity contribution >= 4 is 12.4 Å². The van der Waals surface area contributed by atoms with E-state index < -0.39 is 5.92 Å². The Morgan fingerprint density at radius 1 is 1.27 bits per heavy atom. The van der Waals surface area contributed by atoms with Crippen molar-refractivity contribution in [2.24, 2.45) is 17.6 Å². The molecule has 0 aliphatic heterocycles. The lowest BCUT2D eigenvalue weighted by molar-refractivity contribution is -0.160. The Labute approximate surface area is 70.7 Å². The summed E-state index contributed by atoms with van der Waals surface area (Å²) in [5.74, 6) is -2.51. The summed E-state index contributed by atoms with van der Waals surface area (Å²) >= 11 is 0. The van der Waals surface area contributed by atoms with Gasteiger partial charge in [0.2, 0.25) is 0 Å². The van der Waals surface area contributed by atoms with Gasteiger partial charge < -0.3 is 5.73 Å². The summed E-state index contributed by atoms with van der Waals surface area (Å²) in [7, 11) is 0. The van der Waals surface area contributed by atoms with E-state index in [1.807, 2.05) is 0 Å².